The molecule has 0 fully saturated rings. The van der Waals surface area contributed by atoms with Crippen LogP contribution in [0.1, 0.15) is 16.5 Å². The molecule has 1 aromatic heterocycles. The summed E-state index contributed by atoms with van der Waals surface area (Å²) in [6, 6.07) is 11.9. The van der Waals surface area contributed by atoms with Gasteiger partial charge < -0.3 is 5.11 Å². The Morgan fingerprint density at radius 1 is 1.29 bits per heavy atom. The standard InChI is InChI=1S/C13H13ClOS2/c1-9-4-2-3-5-11(9)16-8-10(15)12-6-7-13(14)17-12/h2-7,10,15H,8H2,1H3. The van der Waals surface area contributed by atoms with E-state index in [1.54, 1.807) is 11.8 Å². The summed E-state index contributed by atoms with van der Waals surface area (Å²) < 4.78 is 0.722. The lowest BCUT2D eigenvalue weighted by Gasteiger charge is -2.09. The minimum absolute atomic E-state index is 0.447. The van der Waals surface area contributed by atoms with Gasteiger partial charge in [-0.15, -0.1) is 23.1 Å². The van der Waals surface area contributed by atoms with E-state index in [9.17, 15) is 5.11 Å². The van der Waals surface area contributed by atoms with Crippen LogP contribution in [-0.4, -0.2) is 10.9 Å². The average molecular weight is 285 g/mol. The second-order valence-corrected chi connectivity index (χ2v) is 6.54. The molecule has 4 heteroatoms. The van der Waals surface area contributed by atoms with E-state index in [0.29, 0.717) is 5.75 Å². The Morgan fingerprint density at radius 3 is 2.71 bits per heavy atom. The molecular weight excluding hydrogens is 272 g/mol. The van der Waals surface area contributed by atoms with E-state index in [-0.39, 0.29) is 0 Å². The fourth-order valence-corrected chi connectivity index (χ4v) is 3.62. The van der Waals surface area contributed by atoms with Crippen LogP contribution >= 0.6 is 34.7 Å². The molecule has 0 aliphatic carbocycles. The minimum atomic E-state index is -0.447. The summed E-state index contributed by atoms with van der Waals surface area (Å²) in [6.45, 7) is 2.08. The maximum atomic E-state index is 10.0. The van der Waals surface area contributed by atoms with Crippen LogP contribution in [-0.2, 0) is 0 Å². The predicted molar refractivity (Wildman–Crippen MR) is 76.2 cm³/mol. The van der Waals surface area contributed by atoms with Crippen molar-refractivity contribution in [2.75, 3.05) is 5.75 Å². The van der Waals surface area contributed by atoms with Gasteiger partial charge in [0, 0.05) is 15.5 Å². The number of hydrogen-bond acceptors (Lipinski definition) is 3. The minimum Gasteiger partial charge on any atom is -0.387 e. The van der Waals surface area contributed by atoms with E-state index in [1.807, 2.05) is 24.3 Å². The monoisotopic (exact) mass is 284 g/mol. The van der Waals surface area contributed by atoms with Crippen LogP contribution < -0.4 is 0 Å². The van der Waals surface area contributed by atoms with Gasteiger partial charge in [0.05, 0.1) is 10.4 Å². The first-order chi connectivity index (χ1) is 8.16. The summed E-state index contributed by atoms with van der Waals surface area (Å²) in [5, 5.41) is 10.0. The van der Waals surface area contributed by atoms with Gasteiger partial charge in [-0.3, -0.25) is 0 Å². The summed E-state index contributed by atoms with van der Waals surface area (Å²) in [5.41, 5.74) is 1.24. The first kappa shape index (κ1) is 13.0. The molecule has 0 aliphatic rings. The Morgan fingerprint density at radius 2 is 2.06 bits per heavy atom. The van der Waals surface area contributed by atoms with E-state index < -0.39 is 6.10 Å². The molecule has 0 amide bonds. The number of thioether (sulfide) groups is 1. The molecule has 1 aromatic carbocycles. The van der Waals surface area contributed by atoms with Gasteiger partial charge in [0.1, 0.15) is 0 Å². The van der Waals surface area contributed by atoms with Gasteiger partial charge in [0.25, 0.3) is 0 Å². The van der Waals surface area contributed by atoms with Crippen LogP contribution in [0.5, 0.6) is 0 Å². The molecule has 0 spiro atoms. The smallest absolute Gasteiger partial charge is 0.0976 e. The molecule has 2 aromatic rings. The lowest BCUT2D eigenvalue weighted by Crippen LogP contribution is -1.97. The molecule has 17 heavy (non-hydrogen) atoms. The molecule has 1 nitrogen and oxygen atoms in total. The molecule has 0 aliphatic heterocycles. The third-order valence-electron chi connectivity index (χ3n) is 2.41. The molecule has 1 N–H and O–H groups in total. The maximum Gasteiger partial charge on any atom is 0.0976 e. The highest BCUT2D eigenvalue weighted by molar-refractivity contribution is 7.99. The van der Waals surface area contributed by atoms with Crippen molar-refractivity contribution >= 4 is 34.7 Å². The van der Waals surface area contributed by atoms with Gasteiger partial charge in [0.2, 0.25) is 0 Å². The fourth-order valence-electron chi connectivity index (χ4n) is 1.48. The molecule has 90 valence electrons. The molecule has 1 unspecified atom stereocenters. The summed E-state index contributed by atoms with van der Waals surface area (Å²) in [7, 11) is 0. The normalized spacial score (nSPS) is 12.6. The zero-order valence-corrected chi connectivity index (χ0v) is 11.8. The molecule has 1 atom stereocenters. The van der Waals surface area contributed by atoms with Crippen LogP contribution in [0.25, 0.3) is 0 Å². The molecule has 0 bridgehead atoms. The second-order valence-electron chi connectivity index (χ2n) is 3.73. The quantitative estimate of drug-likeness (QED) is 0.832. The highest BCUT2D eigenvalue weighted by Crippen LogP contribution is 2.31. The number of thiophene rings is 1. The van der Waals surface area contributed by atoms with E-state index >= 15 is 0 Å². The number of aliphatic hydroxyl groups is 1. The fraction of sp³-hybridized carbons (Fsp3) is 0.231. The zero-order valence-electron chi connectivity index (χ0n) is 9.39. The molecule has 2 rings (SSSR count). The molecule has 0 saturated carbocycles. The van der Waals surface area contributed by atoms with Crippen molar-refractivity contribution in [3.8, 4) is 0 Å². The number of hydrogen-bond donors (Lipinski definition) is 1. The first-order valence-electron chi connectivity index (χ1n) is 5.28. The lowest BCUT2D eigenvalue weighted by molar-refractivity contribution is 0.208. The SMILES string of the molecule is Cc1ccccc1SCC(O)c1ccc(Cl)s1. The van der Waals surface area contributed by atoms with Gasteiger partial charge in [-0.2, -0.15) is 0 Å². The topological polar surface area (TPSA) is 20.2 Å². The number of rotatable bonds is 4. The van der Waals surface area contributed by atoms with Crippen LogP contribution in [0.15, 0.2) is 41.3 Å². The zero-order chi connectivity index (χ0) is 12.3. The third-order valence-corrected chi connectivity index (χ3v) is 5.00. The second kappa shape index (κ2) is 5.91. The van der Waals surface area contributed by atoms with Crippen LogP contribution in [0.2, 0.25) is 4.34 Å². The van der Waals surface area contributed by atoms with Gasteiger partial charge in [-0.1, -0.05) is 29.8 Å². The van der Waals surface area contributed by atoms with Gasteiger partial charge in [-0.05, 0) is 30.7 Å². The molecule has 0 radical (unpaired) electrons. The van der Waals surface area contributed by atoms with Crippen molar-refractivity contribution in [2.24, 2.45) is 0 Å². The summed E-state index contributed by atoms with van der Waals surface area (Å²) in [6.07, 6.45) is -0.447. The molecule has 0 saturated heterocycles. The van der Waals surface area contributed by atoms with Crippen molar-refractivity contribution in [1.29, 1.82) is 0 Å². The highest BCUT2D eigenvalue weighted by Gasteiger charge is 2.11. The van der Waals surface area contributed by atoms with Crippen molar-refractivity contribution in [3.05, 3.63) is 51.2 Å². The van der Waals surface area contributed by atoms with Gasteiger partial charge in [-0.25, -0.2) is 0 Å². The first-order valence-corrected chi connectivity index (χ1v) is 7.46. The Labute approximate surface area is 114 Å². The van der Waals surface area contributed by atoms with Gasteiger partial charge in [0.15, 0.2) is 0 Å². The average Bonchev–Trinajstić information content (AvgIpc) is 2.74. The largest absolute Gasteiger partial charge is 0.387 e. The Balaban J connectivity index is 1.97. The lowest BCUT2D eigenvalue weighted by atomic mass is 10.2. The number of aryl methyl sites for hydroxylation is 1. The summed E-state index contributed by atoms with van der Waals surface area (Å²) >= 11 is 8.96. The van der Waals surface area contributed by atoms with Crippen LogP contribution in [0, 0.1) is 6.92 Å². The van der Waals surface area contributed by atoms with Crippen LogP contribution in [0.3, 0.4) is 0 Å². The molecule has 1 heterocycles. The predicted octanol–water partition coefficient (Wildman–Crippen LogP) is 4.54. The Hall–Kier alpha value is -0.480. The number of benzene rings is 1. The van der Waals surface area contributed by atoms with Crippen LogP contribution in [0.4, 0.5) is 0 Å². The van der Waals surface area contributed by atoms with E-state index in [2.05, 4.69) is 19.1 Å². The highest BCUT2D eigenvalue weighted by atomic mass is 35.5. The Bertz CT molecular complexity index is 496. The maximum absolute atomic E-state index is 10.0. The summed E-state index contributed by atoms with van der Waals surface area (Å²) in [4.78, 5) is 2.14. The van der Waals surface area contributed by atoms with Crippen molar-refractivity contribution in [2.45, 2.75) is 17.9 Å². The Kier molecular flexibility index (Phi) is 4.51. The van der Waals surface area contributed by atoms with E-state index in [1.165, 1.54) is 21.8 Å². The number of halogens is 1. The van der Waals surface area contributed by atoms with E-state index in [0.717, 1.165) is 9.21 Å². The van der Waals surface area contributed by atoms with Crippen molar-refractivity contribution in [1.82, 2.24) is 0 Å². The van der Waals surface area contributed by atoms with E-state index in [4.69, 9.17) is 11.6 Å². The summed E-state index contributed by atoms with van der Waals surface area (Å²) in [5.74, 6) is 0.654. The van der Waals surface area contributed by atoms with Crippen molar-refractivity contribution < 1.29 is 5.11 Å². The van der Waals surface area contributed by atoms with Gasteiger partial charge >= 0.3 is 0 Å². The van der Waals surface area contributed by atoms with Crippen molar-refractivity contribution in [3.63, 3.8) is 0 Å². The number of aliphatic hydroxyl groups excluding tert-OH is 1. The molecular formula is C13H13ClOS2. The third kappa shape index (κ3) is 3.49.